The lowest BCUT2D eigenvalue weighted by atomic mass is 10.1. The second kappa shape index (κ2) is 6.52. The van der Waals surface area contributed by atoms with Crippen molar-refractivity contribution in [2.75, 3.05) is 0 Å². The van der Waals surface area contributed by atoms with E-state index >= 15 is 0 Å². The van der Waals surface area contributed by atoms with Crippen LogP contribution in [-0.2, 0) is 4.79 Å². The highest BCUT2D eigenvalue weighted by molar-refractivity contribution is 6.60. The molecular formula is C19H13Cl3O. The normalized spacial score (nSPS) is 23.6. The van der Waals surface area contributed by atoms with Gasteiger partial charge in [0.15, 0.2) is 10.1 Å². The summed E-state index contributed by atoms with van der Waals surface area (Å²) in [7, 11) is 0. The fourth-order valence-corrected chi connectivity index (χ4v) is 3.29. The van der Waals surface area contributed by atoms with Crippen molar-refractivity contribution in [1.29, 1.82) is 0 Å². The van der Waals surface area contributed by atoms with Crippen molar-refractivity contribution in [1.82, 2.24) is 0 Å². The molecule has 1 aliphatic carbocycles. The summed E-state index contributed by atoms with van der Waals surface area (Å²) in [5.41, 5.74) is 2.44. The monoisotopic (exact) mass is 362 g/mol. The molecule has 0 spiro atoms. The zero-order valence-corrected chi connectivity index (χ0v) is 14.3. The first kappa shape index (κ1) is 16.3. The number of Topliss-reactive ketones (excluding diaryl/α,β-unsaturated/α-hetero) is 1. The molecule has 23 heavy (non-hydrogen) atoms. The molecule has 1 nitrogen and oxygen atoms in total. The zero-order chi connectivity index (χ0) is 16.4. The maximum Gasteiger partial charge on any atom is 0.189 e. The summed E-state index contributed by atoms with van der Waals surface area (Å²) in [6, 6.07) is 18.9. The van der Waals surface area contributed by atoms with Gasteiger partial charge in [0.2, 0.25) is 0 Å². The largest absolute Gasteiger partial charge is 0.289 e. The van der Waals surface area contributed by atoms with E-state index in [2.05, 4.69) is 0 Å². The predicted molar refractivity (Wildman–Crippen MR) is 97.9 cm³/mol. The average molecular weight is 364 g/mol. The summed E-state index contributed by atoms with van der Waals surface area (Å²) in [6.45, 7) is 0. The third-order valence-electron chi connectivity index (χ3n) is 3.69. The second-order valence-corrected chi connectivity index (χ2v) is 7.12. The van der Waals surface area contributed by atoms with Crippen LogP contribution in [0.25, 0.3) is 12.2 Å². The number of hydrogen-bond donors (Lipinski definition) is 0. The fraction of sp³-hybridized carbons (Fsp3) is 0.105. The fourth-order valence-electron chi connectivity index (χ4n) is 2.50. The first-order chi connectivity index (χ1) is 11.0. The summed E-state index contributed by atoms with van der Waals surface area (Å²) in [6.07, 6.45) is 3.44. The minimum Gasteiger partial charge on any atom is -0.289 e. The number of halogens is 3. The molecule has 0 aromatic heterocycles. The summed E-state index contributed by atoms with van der Waals surface area (Å²) >= 11 is 19.2. The van der Waals surface area contributed by atoms with Crippen molar-refractivity contribution in [3.05, 3.63) is 82.9 Å². The van der Waals surface area contributed by atoms with E-state index in [-0.39, 0.29) is 5.78 Å². The van der Waals surface area contributed by atoms with Crippen molar-refractivity contribution < 1.29 is 4.79 Å². The van der Waals surface area contributed by atoms with E-state index < -0.39 is 9.71 Å². The number of carbonyl (C=O) groups excluding carboxylic acids is 1. The van der Waals surface area contributed by atoms with E-state index in [9.17, 15) is 4.79 Å². The molecule has 0 radical (unpaired) electrons. The molecule has 0 aliphatic heterocycles. The van der Waals surface area contributed by atoms with Crippen LogP contribution in [0.2, 0.25) is 0 Å². The number of benzene rings is 2. The SMILES string of the molecule is O=C1C(=Cc2ccccc2)C(Cl)C(Cl)(Cl)C1=Cc1ccccc1. The quantitative estimate of drug-likeness (QED) is 0.507. The topological polar surface area (TPSA) is 17.1 Å². The Kier molecular flexibility index (Phi) is 4.63. The van der Waals surface area contributed by atoms with Gasteiger partial charge in [0.05, 0.1) is 5.38 Å². The number of rotatable bonds is 2. The number of allylic oxidation sites excluding steroid dienone is 2. The minimum absolute atomic E-state index is 0.220. The lowest BCUT2D eigenvalue weighted by molar-refractivity contribution is -0.111. The molecule has 1 saturated carbocycles. The number of carbonyl (C=O) groups is 1. The van der Waals surface area contributed by atoms with Gasteiger partial charge in [-0.05, 0) is 23.3 Å². The van der Waals surface area contributed by atoms with Gasteiger partial charge in [0, 0.05) is 11.1 Å². The molecule has 1 fully saturated rings. The van der Waals surface area contributed by atoms with Gasteiger partial charge in [-0.3, -0.25) is 4.79 Å². The highest BCUT2D eigenvalue weighted by atomic mass is 35.5. The van der Waals surface area contributed by atoms with E-state index in [1.165, 1.54) is 0 Å². The highest BCUT2D eigenvalue weighted by Gasteiger charge is 2.51. The summed E-state index contributed by atoms with van der Waals surface area (Å²) in [5, 5.41) is -0.798. The van der Waals surface area contributed by atoms with Crippen LogP contribution < -0.4 is 0 Å². The van der Waals surface area contributed by atoms with Crippen molar-refractivity contribution in [3.63, 3.8) is 0 Å². The number of alkyl halides is 3. The molecule has 0 amide bonds. The van der Waals surface area contributed by atoms with Crippen LogP contribution in [0.4, 0.5) is 0 Å². The lowest BCUT2D eigenvalue weighted by Crippen LogP contribution is -2.22. The van der Waals surface area contributed by atoms with Crippen LogP contribution in [0.5, 0.6) is 0 Å². The Labute approximate surface area is 150 Å². The number of hydrogen-bond acceptors (Lipinski definition) is 1. The van der Waals surface area contributed by atoms with Crippen molar-refractivity contribution in [2.24, 2.45) is 0 Å². The standard InChI is InChI=1S/C19H13Cl3O/c20-18-15(11-13-7-3-1-4-8-13)17(23)16(19(18,21)22)12-14-9-5-2-6-10-14/h1-12,18H. The average Bonchev–Trinajstić information content (AvgIpc) is 2.72. The third kappa shape index (κ3) is 3.23. The summed E-state index contributed by atoms with van der Waals surface area (Å²) in [5.74, 6) is -0.220. The Morgan fingerprint density at radius 2 is 1.30 bits per heavy atom. The second-order valence-electron chi connectivity index (χ2n) is 5.29. The molecule has 0 bridgehead atoms. The summed E-state index contributed by atoms with van der Waals surface area (Å²) < 4.78 is -1.45. The molecule has 2 aromatic rings. The Hall–Kier alpha value is -1.54. The molecule has 3 rings (SSSR count). The van der Waals surface area contributed by atoms with Gasteiger partial charge in [-0.15, -0.1) is 11.6 Å². The van der Waals surface area contributed by atoms with Crippen LogP contribution in [0, 0.1) is 0 Å². The van der Waals surface area contributed by atoms with Gasteiger partial charge in [-0.25, -0.2) is 0 Å². The molecule has 0 N–H and O–H groups in total. The molecule has 1 atom stereocenters. The molecule has 0 heterocycles. The van der Waals surface area contributed by atoms with Crippen molar-refractivity contribution in [3.8, 4) is 0 Å². The van der Waals surface area contributed by atoms with Crippen LogP contribution in [0.3, 0.4) is 0 Å². The third-order valence-corrected chi connectivity index (χ3v) is 5.32. The Morgan fingerprint density at radius 3 is 1.83 bits per heavy atom. The molecule has 116 valence electrons. The van der Waals surface area contributed by atoms with E-state index in [4.69, 9.17) is 34.8 Å². The maximum atomic E-state index is 12.8. The Balaban J connectivity index is 2.05. The van der Waals surface area contributed by atoms with Crippen LogP contribution in [0.1, 0.15) is 11.1 Å². The van der Waals surface area contributed by atoms with Gasteiger partial charge in [-0.2, -0.15) is 0 Å². The Morgan fingerprint density at radius 1 is 0.826 bits per heavy atom. The first-order valence-corrected chi connectivity index (χ1v) is 8.30. The van der Waals surface area contributed by atoms with E-state index in [0.29, 0.717) is 11.1 Å². The molecule has 1 aliphatic rings. The van der Waals surface area contributed by atoms with Crippen LogP contribution >= 0.6 is 34.8 Å². The van der Waals surface area contributed by atoms with Crippen LogP contribution in [-0.4, -0.2) is 15.5 Å². The number of ketones is 1. The van der Waals surface area contributed by atoms with E-state index in [1.807, 2.05) is 60.7 Å². The van der Waals surface area contributed by atoms with E-state index in [1.54, 1.807) is 12.2 Å². The highest BCUT2D eigenvalue weighted by Crippen LogP contribution is 2.49. The Bertz CT molecular complexity index is 777. The van der Waals surface area contributed by atoms with Gasteiger partial charge in [0.1, 0.15) is 0 Å². The van der Waals surface area contributed by atoms with Crippen molar-refractivity contribution >= 4 is 52.7 Å². The van der Waals surface area contributed by atoms with Crippen molar-refractivity contribution in [2.45, 2.75) is 9.71 Å². The molecule has 4 heteroatoms. The van der Waals surface area contributed by atoms with Gasteiger partial charge >= 0.3 is 0 Å². The van der Waals surface area contributed by atoms with Gasteiger partial charge < -0.3 is 0 Å². The smallest absolute Gasteiger partial charge is 0.189 e. The summed E-state index contributed by atoms with van der Waals surface area (Å²) in [4.78, 5) is 12.8. The molecule has 0 saturated heterocycles. The first-order valence-electron chi connectivity index (χ1n) is 7.10. The predicted octanol–water partition coefficient (Wildman–Crippen LogP) is 5.52. The van der Waals surface area contributed by atoms with Crippen LogP contribution in [0.15, 0.2) is 71.8 Å². The molecular weight excluding hydrogens is 351 g/mol. The zero-order valence-electron chi connectivity index (χ0n) is 12.0. The minimum atomic E-state index is -1.45. The maximum absolute atomic E-state index is 12.8. The lowest BCUT2D eigenvalue weighted by Gasteiger charge is -2.17. The van der Waals surface area contributed by atoms with Gasteiger partial charge in [-0.1, -0.05) is 83.9 Å². The molecule has 2 aromatic carbocycles. The van der Waals surface area contributed by atoms with Gasteiger partial charge in [0.25, 0.3) is 0 Å². The molecule has 1 unspecified atom stereocenters. The van der Waals surface area contributed by atoms with E-state index in [0.717, 1.165) is 11.1 Å².